The number of hydrogen-bond acceptors (Lipinski definition) is 8. The Morgan fingerprint density at radius 1 is 1.09 bits per heavy atom. The quantitative estimate of drug-likeness (QED) is 0.255. The molecule has 0 saturated carbocycles. The average Bonchev–Trinajstić information content (AvgIpc) is 3.42. The topological polar surface area (TPSA) is 122 Å². The maximum Gasteiger partial charge on any atom is 0.332 e. The van der Waals surface area contributed by atoms with Crippen LogP contribution in [-0.2, 0) is 26.9 Å². The summed E-state index contributed by atoms with van der Waals surface area (Å²) in [5.41, 5.74) is 5.89. The van der Waals surface area contributed by atoms with Gasteiger partial charge in [-0.3, -0.25) is 28.1 Å². The van der Waals surface area contributed by atoms with E-state index in [1.807, 2.05) is 30.3 Å². The summed E-state index contributed by atoms with van der Waals surface area (Å²) in [5, 5.41) is 1.00. The van der Waals surface area contributed by atoms with Gasteiger partial charge in [-0.15, -0.1) is 11.3 Å². The van der Waals surface area contributed by atoms with Gasteiger partial charge in [0.15, 0.2) is 10.9 Å². The summed E-state index contributed by atoms with van der Waals surface area (Å²) in [7, 11) is 2.70. The van der Waals surface area contributed by atoms with E-state index < -0.39 is 17.0 Å². The number of nitrogens with zero attached hydrogens (tertiary/aromatic N) is 4. The van der Waals surface area contributed by atoms with Crippen LogP contribution in [0.15, 0.2) is 49.9 Å². The number of carbonyl (C=O) groups is 1. The normalized spacial score (nSPS) is 12.9. The predicted molar refractivity (Wildman–Crippen MR) is 134 cm³/mol. The average molecular weight is 496 g/mol. The summed E-state index contributed by atoms with van der Waals surface area (Å²) < 4.78 is 3.44. The third kappa shape index (κ3) is 3.43. The van der Waals surface area contributed by atoms with Crippen LogP contribution in [0.5, 0.6) is 0 Å². The molecule has 1 aliphatic carbocycles. The van der Waals surface area contributed by atoms with Gasteiger partial charge < -0.3 is 5.73 Å². The Hall–Kier alpha value is -3.44. The molecular weight excluding hydrogens is 474 g/mol. The Morgan fingerprint density at radius 2 is 1.82 bits per heavy atom. The molecule has 5 rings (SSSR count). The maximum atomic E-state index is 13.6. The molecule has 3 aromatic heterocycles. The summed E-state index contributed by atoms with van der Waals surface area (Å²) in [6, 6.07) is 9.15. The molecule has 0 atom stereocenters. The van der Waals surface area contributed by atoms with E-state index in [2.05, 4.69) is 0 Å². The van der Waals surface area contributed by atoms with Crippen LogP contribution >= 0.6 is 23.1 Å². The van der Waals surface area contributed by atoms with E-state index in [4.69, 9.17) is 10.7 Å². The lowest BCUT2D eigenvalue weighted by Gasteiger charge is -2.13. The fourth-order valence-corrected chi connectivity index (χ4v) is 6.44. The van der Waals surface area contributed by atoms with Crippen molar-refractivity contribution in [3.8, 4) is 5.69 Å². The Bertz CT molecular complexity index is 1650. The van der Waals surface area contributed by atoms with Crippen LogP contribution in [0, 0.1) is 0 Å². The number of Topliss-reactive ketones (excluding diaryl/α,β-unsaturated/α-hetero) is 1. The van der Waals surface area contributed by atoms with Crippen LogP contribution in [-0.4, -0.2) is 30.2 Å². The van der Waals surface area contributed by atoms with Crippen LogP contribution in [0.4, 0.5) is 5.82 Å². The van der Waals surface area contributed by atoms with Gasteiger partial charge in [0, 0.05) is 19.0 Å². The first-order chi connectivity index (χ1) is 16.3. The molecule has 0 aliphatic heterocycles. The lowest BCUT2D eigenvalue weighted by molar-refractivity contribution is 0.102. The zero-order valence-corrected chi connectivity index (χ0v) is 20.2. The number of thioether (sulfide) groups is 1. The van der Waals surface area contributed by atoms with Gasteiger partial charge in [-0.25, -0.2) is 9.78 Å². The molecule has 0 fully saturated rings. The molecule has 1 aliphatic rings. The van der Waals surface area contributed by atoms with Crippen molar-refractivity contribution in [2.24, 2.45) is 14.1 Å². The SMILES string of the molecule is Cn1c(N)c(C(=O)CSc2nc3sc4c(c3c(=O)n2-c2ccccc2)CCC4)c(=O)n(C)c1=O. The van der Waals surface area contributed by atoms with E-state index >= 15 is 0 Å². The molecule has 0 amide bonds. The number of rotatable bonds is 5. The zero-order valence-electron chi connectivity index (χ0n) is 18.5. The van der Waals surface area contributed by atoms with Crippen molar-refractivity contribution in [2.45, 2.75) is 24.4 Å². The minimum atomic E-state index is -0.746. The Kier molecular flexibility index (Phi) is 5.53. The maximum absolute atomic E-state index is 13.6. The number of fused-ring (bicyclic) bond motifs is 3. The van der Waals surface area contributed by atoms with Crippen LogP contribution in [0.1, 0.15) is 27.2 Å². The first kappa shape index (κ1) is 22.4. The Labute approximate surface area is 201 Å². The van der Waals surface area contributed by atoms with Crippen molar-refractivity contribution in [3.05, 3.63) is 77.5 Å². The smallest absolute Gasteiger partial charge is 0.332 e. The first-order valence-corrected chi connectivity index (χ1v) is 12.4. The Balaban J connectivity index is 1.60. The minimum absolute atomic E-state index is 0.164. The molecule has 34 heavy (non-hydrogen) atoms. The summed E-state index contributed by atoms with van der Waals surface area (Å²) in [4.78, 5) is 57.9. The van der Waals surface area contributed by atoms with Crippen molar-refractivity contribution >= 4 is 44.9 Å². The monoisotopic (exact) mass is 495 g/mol. The number of benzene rings is 1. The second-order valence-electron chi connectivity index (χ2n) is 8.09. The summed E-state index contributed by atoms with van der Waals surface area (Å²) >= 11 is 2.59. The number of aromatic nitrogens is 4. The van der Waals surface area contributed by atoms with E-state index in [0.29, 0.717) is 21.1 Å². The van der Waals surface area contributed by atoms with Crippen molar-refractivity contribution in [1.29, 1.82) is 0 Å². The molecular formula is C23H21N5O4S2. The van der Waals surface area contributed by atoms with Crippen molar-refractivity contribution in [1.82, 2.24) is 18.7 Å². The number of para-hydroxylation sites is 1. The number of nitrogen functional groups attached to an aromatic ring is 1. The molecule has 0 bridgehead atoms. The predicted octanol–water partition coefficient (Wildman–Crippen LogP) is 1.89. The molecule has 11 heteroatoms. The van der Waals surface area contributed by atoms with Crippen LogP contribution in [0.25, 0.3) is 15.9 Å². The van der Waals surface area contributed by atoms with E-state index in [0.717, 1.165) is 45.7 Å². The zero-order chi connectivity index (χ0) is 24.1. The summed E-state index contributed by atoms with van der Waals surface area (Å²) in [5.74, 6) is -0.897. The molecule has 2 N–H and O–H groups in total. The number of carbonyl (C=O) groups excluding carboxylic acids is 1. The molecule has 4 aromatic rings. The highest BCUT2D eigenvalue weighted by Crippen LogP contribution is 2.36. The molecule has 174 valence electrons. The third-order valence-corrected chi connectivity index (χ3v) is 8.17. The van der Waals surface area contributed by atoms with Crippen molar-refractivity contribution < 1.29 is 4.79 Å². The van der Waals surface area contributed by atoms with Gasteiger partial charge >= 0.3 is 5.69 Å². The number of anilines is 1. The van der Waals surface area contributed by atoms with Gasteiger partial charge in [-0.05, 0) is 37.0 Å². The largest absolute Gasteiger partial charge is 0.384 e. The van der Waals surface area contributed by atoms with E-state index in [1.54, 1.807) is 0 Å². The van der Waals surface area contributed by atoms with Gasteiger partial charge in [0.1, 0.15) is 16.2 Å². The van der Waals surface area contributed by atoms with Gasteiger partial charge in [0.2, 0.25) is 0 Å². The molecule has 9 nitrogen and oxygen atoms in total. The number of ketones is 1. The molecule has 3 heterocycles. The third-order valence-electron chi connectivity index (χ3n) is 6.04. The second-order valence-corrected chi connectivity index (χ2v) is 10.1. The van der Waals surface area contributed by atoms with Gasteiger partial charge in [-0.2, -0.15) is 0 Å². The number of nitrogens with two attached hydrogens (primary N) is 1. The fraction of sp³-hybridized carbons (Fsp3) is 0.261. The van der Waals surface area contributed by atoms with E-state index in [9.17, 15) is 19.2 Å². The number of hydrogen-bond donors (Lipinski definition) is 1. The second kappa shape index (κ2) is 8.41. The molecule has 0 spiro atoms. The summed E-state index contributed by atoms with van der Waals surface area (Å²) in [6.07, 6.45) is 2.83. The summed E-state index contributed by atoms with van der Waals surface area (Å²) in [6.45, 7) is 0. The lowest BCUT2D eigenvalue weighted by Crippen LogP contribution is -2.41. The fourth-order valence-electron chi connectivity index (χ4n) is 4.25. The van der Waals surface area contributed by atoms with E-state index in [1.165, 1.54) is 34.9 Å². The highest BCUT2D eigenvalue weighted by Gasteiger charge is 2.25. The lowest BCUT2D eigenvalue weighted by atomic mass is 10.2. The molecule has 0 unspecified atom stereocenters. The van der Waals surface area contributed by atoms with Crippen LogP contribution < -0.4 is 22.5 Å². The van der Waals surface area contributed by atoms with Gasteiger partial charge in [0.25, 0.3) is 11.1 Å². The number of thiophene rings is 1. The van der Waals surface area contributed by atoms with E-state index in [-0.39, 0.29) is 22.7 Å². The minimum Gasteiger partial charge on any atom is -0.384 e. The van der Waals surface area contributed by atoms with Crippen LogP contribution in [0.3, 0.4) is 0 Å². The van der Waals surface area contributed by atoms with Crippen LogP contribution in [0.2, 0.25) is 0 Å². The highest BCUT2D eigenvalue weighted by molar-refractivity contribution is 7.99. The number of aryl methyl sites for hydroxylation is 2. The first-order valence-electron chi connectivity index (χ1n) is 10.6. The van der Waals surface area contributed by atoms with Crippen molar-refractivity contribution in [2.75, 3.05) is 11.5 Å². The molecule has 0 saturated heterocycles. The van der Waals surface area contributed by atoms with Gasteiger partial charge in [0.05, 0.1) is 16.8 Å². The molecule has 1 aromatic carbocycles. The van der Waals surface area contributed by atoms with Gasteiger partial charge in [-0.1, -0.05) is 30.0 Å². The standard InChI is InChI=1S/C23H21N5O4S2/c1-26-18(24)17(20(30)27(2)23(26)32)14(29)11-33-22-25-19-16(13-9-6-10-15(13)34-19)21(31)28(22)12-7-4-3-5-8-12/h3-5,7-8H,6,9-11,24H2,1-2H3. The molecule has 0 radical (unpaired) electrons. The Morgan fingerprint density at radius 3 is 2.56 bits per heavy atom. The highest BCUT2D eigenvalue weighted by atomic mass is 32.2. The van der Waals surface area contributed by atoms with Crippen molar-refractivity contribution in [3.63, 3.8) is 0 Å².